The lowest BCUT2D eigenvalue weighted by molar-refractivity contribution is -0.113. The van der Waals surface area contributed by atoms with Crippen LogP contribution in [0.5, 0.6) is 0 Å². The van der Waals surface area contributed by atoms with Gasteiger partial charge >= 0.3 is 0 Å². The van der Waals surface area contributed by atoms with Crippen LogP contribution < -0.4 is 5.32 Å². The first kappa shape index (κ1) is 20.0. The third-order valence-electron chi connectivity index (χ3n) is 4.56. The highest BCUT2D eigenvalue weighted by Gasteiger charge is 2.13. The van der Waals surface area contributed by atoms with Gasteiger partial charge in [-0.15, -0.1) is 0 Å². The number of carbonyl (C=O) groups excluding carboxylic acids is 1. The summed E-state index contributed by atoms with van der Waals surface area (Å²) in [6.45, 7) is 2.11. The van der Waals surface area contributed by atoms with E-state index in [0.29, 0.717) is 5.03 Å². The molecular formula is C22H18F2N4OS. The van der Waals surface area contributed by atoms with Crippen molar-refractivity contribution in [2.75, 3.05) is 11.1 Å². The standard InChI is InChI=1S/C22H18F2N4OS/c1-2-14-3-5-15(6-4-14)19-12-20-22(25-9-10-28(20)27-19)30-13-21(29)26-18-8-7-16(23)11-17(18)24/h3-12H,2,13H2,1H3,(H,26,29). The number of carbonyl (C=O) groups is 1. The lowest BCUT2D eigenvalue weighted by Gasteiger charge is -2.06. The van der Waals surface area contributed by atoms with Gasteiger partial charge in [-0.3, -0.25) is 4.79 Å². The van der Waals surface area contributed by atoms with Gasteiger partial charge in [0.05, 0.1) is 22.7 Å². The molecule has 0 aliphatic heterocycles. The van der Waals surface area contributed by atoms with Crippen LogP contribution in [0, 0.1) is 11.6 Å². The van der Waals surface area contributed by atoms with Gasteiger partial charge in [-0.05, 0) is 30.2 Å². The van der Waals surface area contributed by atoms with E-state index in [-0.39, 0.29) is 11.4 Å². The van der Waals surface area contributed by atoms with Gasteiger partial charge in [0, 0.05) is 24.0 Å². The van der Waals surface area contributed by atoms with Crippen LogP contribution in [0.2, 0.25) is 0 Å². The Morgan fingerprint density at radius 3 is 2.67 bits per heavy atom. The smallest absolute Gasteiger partial charge is 0.234 e. The number of nitrogens with one attached hydrogen (secondary N) is 1. The number of anilines is 1. The molecule has 0 fully saturated rings. The highest BCUT2D eigenvalue weighted by Crippen LogP contribution is 2.26. The maximum Gasteiger partial charge on any atom is 0.234 e. The number of thioether (sulfide) groups is 1. The van der Waals surface area contributed by atoms with Crippen LogP contribution in [0.4, 0.5) is 14.5 Å². The quantitative estimate of drug-likeness (QED) is 0.444. The van der Waals surface area contributed by atoms with Crippen LogP contribution in [-0.4, -0.2) is 26.3 Å². The molecule has 2 heterocycles. The molecule has 4 rings (SSSR count). The molecule has 2 aromatic carbocycles. The van der Waals surface area contributed by atoms with Crippen LogP contribution >= 0.6 is 11.8 Å². The van der Waals surface area contributed by atoms with Crippen LogP contribution in [0.1, 0.15) is 12.5 Å². The summed E-state index contributed by atoms with van der Waals surface area (Å²) < 4.78 is 28.4. The molecule has 0 aliphatic carbocycles. The van der Waals surface area contributed by atoms with Gasteiger partial charge in [-0.1, -0.05) is 43.0 Å². The van der Waals surface area contributed by atoms with E-state index in [4.69, 9.17) is 0 Å². The number of benzene rings is 2. The largest absolute Gasteiger partial charge is 0.323 e. The number of fused-ring (bicyclic) bond motifs is 1. The van der Waals surface area contributed by atoms with E-state index in [2.05, 4.69) is 34.5 Å². The Hall–Kier alpha value is -3.26. The molecule has 0 bridgehead atoms. The van der Waals surface area contributed by atoms with Gasteiger partial charge in [-0.25, -0.2) is 18.3 Å². The SMILES string of the molecule is CCc1ccc(-c2cc3c(SCC(=O)Nc4ccc(F)cc4F)nccn3n2)cc1. The summed E-state index contributed by atoms with van der Waals surface area (Å²) in [7, 11) is 0. The van der Waals surface area contributed by atoms with E-state index in [1.807, 2.05) is 18.2 Å². The second-order valence-electron chi connectivity index (χ2n) is 6.60. The number of aromatic nitrogens is 3. The van der Waals surface area contributed by atoms with Gasteiger partial charge in [0.1, 0.15) is 16.7 Å². The lowest BCUT2D eigenvalue weighted by atomic mass is 10.1. The van der Waals surface area contributed by atoms with Gasteiger partial charge in [0.15, 0.2) is 0 Å². The van der Waals surface area contributed by atoms with Crippen LogP contribution in [-0.2, 0) is 11.2 Å². The Morgan fingerprint density at radius 1 is 1.13 bits per heavy atom. The second kappa shape index (κ2) is 8.62. The Morgan fingerprint density at radius 2 is 1.93 bits per heavy atom. The number of hydrogen-bond donors (Lipinski definition) is 1. The van der Waals surface area contributed by atoms with Gasteiger partial charge in [0.25, 0.3) is 0 Å². The molecule has 0 spiro atoms. The summed E-state index contributed by atoms with van der Waals surface area (Å²) in [5.74, 6) is -1.90. The number of hydrogen-bond acceptors (Lipinski definition) is 4. The molecule has 1 N–H and O–H groups in total. The maximum atomic E-state index is 13.7. The monoisotopic (exact) mass is 424 g/mol. The van der Waals surface area contributed by atoms with E-state index in [0.717, 1.165) is 35.3 Å². The first-order valence-electron chi connectivity index (χ1n) is 9.35. The minimum atomic E-state index is -0.817. The normalized spacial score (nSPS) is 11.0. The number of aryl methyl sites for hydroxylation is 1. The van der Waals surface area contributed by atoms with E-state index >= 15 is 0 Å². The fraction of sp³-hybridized carbons (Fsp3) is 0.136. The van der Waals surface area contributed by atoms with Crippen LogP contribution in [0.3, 0.4) is 0 Å². The number of amides is 1. The highest BCUT2D eigenvalue weighted by molar-refractivity contribution is 8.00. The summed E-state index contributed by atoms with van der Waals surface area (Å²) in [5.41, 5.74) is 3.78. The predicted octanol–water partition coefficient (Wildman–Crippen LogP) is 4.97. The van der Waals surface area contributed by atoms with E-state index < -0.39 is 17.5 Å². The third kappa shape index (κ3) is 4.33. The van der Waals surface area contributed by atoms with Gasteiger partial charge in [0.2, 0.25) is 5.91 Å². The topological polar surface area (TPSA) is 59.3 Å². The summed E-state index contributed by atoms with van der Waals surface area (Å²) >= 11 is 1.22. The molecule has 152 valence electrons. The molecule has 4 aromatic rings. The zero-order valence-corrected chi connectivity index (χ0v) is 16.9. The summed E-state index contributed by atoms with van der Waals surface area (Å²) in [6, 6.07) is 13.2. The average Bonchev–Trinajstić information content (AvgIpc) is 3.19. The Labute approximate surface area is 176 Å². The molecule has 2 aromatic heterocycles. The zero-order chi connectivity index (χ0) is 21.1. The number of rotatable bonds is 6. The van der Waals surface area contributed by atoms with Gasteiger partial charge < -0.3 is 5.32 Å². The van der Waals surface area contributed by atoms with Crippen molar-refractivity contribution in [1.29, 1.82) is 0 Å². The molecule has 0 unspecified atom stereocenters. The third-order valence-corrected chi connectivity index (χ3v) is 5.55. The maximum absolute atomic E-state index is 13.7. The predicted molar refractivity (Wildman–Crippen MR) is 114 cm³/mol. The molecular weight excluding hydrogens is 406 g/mol. The Balaban J connectivity index is 1.50. The van der Waals surface area contributed by atoms with Crippen LogP contribution in [0.25, 0.3) is 16.8 Å². The number of nitrogens with zero attached hydrogens (tertiary/aromatic N) is 3. The fourth-order valence-corrected chi connectivity index (χ4v) is 3.75. The van der Waals surface area contributed by atoms with E-state index in [1.165, 1.54) is 23.4 Å². The lowest BCUT2D eigenvalue weighted by Crippen LogP contribution is -2.15. The van der Waals surface area contributed by atoms with E-state index in [9.17, 15) is 13.6 Å². The first-order chi connectivity index (χ1) is 14.5. The molecule has 0 saturated carbocycles. The van der Waals surface area contributed by atoms with E-state index in [1.54, 1.807) is 16.9 Å². The summed E-state index contributed by atoms with van der Waals surface area (Å²) in [4.78, 5) is 16.6. The minimum absolute atomic E-state index is 0.0230. The van der Waals surface area contributed by atoms with Gasteiger partial charge in [-0.2, -0.15) is 5.10 Å². The molecule has 0 saturated heterocycles. The van der Waals surface area contributed by atoms with Crippen molar-refractivity contribution in [3.63, 3.8) is 0 Å². The molecule has 8 heteroatoms. The molecule has 1 amide bonds. The van der Waals surface area contributed by atoms with Crippen molar-refractivity contribution >= 4 is 28.9 Å². The molecule has 0 atom stereocenters. The molecule has 0 aliphatic rings. The highest BCUT2D eigenvalue weighted by atomic mass is 32.2. The fourth-order valence-electron chi connectivity index (χ4n) is 2.97. The van der Waals surface area contributed by atoms with Crippen LogP contribution in [0.15, 0.2) is 66.0 Å². The molecule has 30 heavy (non-hydrogen) atoms. The van der Waals surface area contributed by atoms with Crippen molar-refractivity contribution < 1.29 is 13.6 Å². The minimum Gasteiger partial charge on any atom is -0.323 e. The van der Waals surface area contributed by atoms with Crippen molar-refractivity contribution in [1.82, 2.24) is 14.6 Å². The summed E-state index contributed by atoms with van der Waals surface area (Å²) in [5, 5.41) is 7.67. The van der Waals surface area contributed by atoms with Crippen molar-refractivity contribution in [3.8, 4) is 11.3 Å². The average molecular weight is 424 g/mol. The van der Waals surface area contributed by atoms with Crippen molar-refractivity contribution in [2.45, 2.75) is 18.4 Å². The Bertz CT molecular complexity index is 1210. The van der Waals surface area contributed by atoms with Crippen molar-refractivity contribution in [2.24, 2.45) is 0 Å². The zero-order valence-electron chi connectivity index (χ0n) is 16.1. The first-order valence-corrected chi connectivity index (χ1v) is 10.3. The number of halogens is 2. The Kier molecular flexibility index (Phi) is 5.76. The van der Waals surface area contributed by atoms with Crippen molar-refractivity contribution in [3.05, 3.63) is 78.1 Å². The summed E-state index contributed by atoms with van der Waals surface area (Å²) in [6.07, 6.45) is 4.33. The second-order valence-corrected chi connectivity index (χ2v) is 7.57. The molecule has 0 radical (unpaired) electrons. The molecule has 5 nitrogen and oxygen atoms in total.